The van der Waals surface area contributed by atoms with Crippen LogP contribution in [0.3, 0.4) is 0 Å². The van der Waals surface area contributed by atoms with Crippen LogP contribution in [-0.4, -0.2) is 24.7 Å². The fourth-order valence-corrected chi connectivity index (χ4v) is 1.90. The molecule has 0 fully saturated rings. The minimum Gasteiger partial charge on any atom is -0.453 e. The Labute approximate surface area is 104 Å². The van der Waals surface area contributed by atoms with Crippen molar-refractivity contribution < 1.29 is 9.53 Å². The maximum absolute atomic E-state index is 10.9. The zero-order valence-corrected chi connectivity index (χ0v) is 10.2. The van der Waals surface area contributed by atoms with Crippen molar-refractivity contribution >= 4 is 28.6 Å². The predicted octanol–water partition coefficient (Wildman–Crippen LogP) is 2.72. The van der Waals surface area contributed by atoms with Crippen molar-refractivity contribution in [2.24, 2.45) is 0 Å². The molecule has 0 atom stereocenters. The Morgan fingerprint density at radius 2 is 2.35 bits per heavy atom. The summed E-state index contributed by atoms with van der Waals surface area (Å²) in [5, 5.41) is 4.44. The molecule has 1 aromatic heterocycles. The number of carbonyl (C=O) groups excluding carboxylic acids is 1. The number of carbonyl (C=O) groups is 1. The van der Waals surface area contributed by atoms with E-state index in [0.717, 1.165) is 22.9 Å². The molecule has 5 heteroatoms. The van der Waals surface area contributed by atoms with Gasteiger partial charge in [-0.3, -0.25) is 0 Å². The third-order valence-electron chi connectivity index (χ3n) is 2.58. The number of aromatic amines is 1. The van der Waals surface area contributed by atoms with Crippen molar-refractivity contribution in [2.45, 2.75) is 6.42 Å². The number of rotatable bonds is 3. The number of aromatic nitrogens is 1. The van der Waals surface area contributed by atoms with Crippen molar-refractivity contribution in [3.05, 3.63) is 35.0 Å². The minimum atomic E-state index is -0.414. The summed E-state index contributed by atoms with van der Waals surface area (Å²) in [4.78, 5) is 14.1. The van der Waals surface area contributed by atoms with Gasteiger partial charge < -0.3 is 15.0 Å². The number of H-pyrrole nitrogens is 1. The fraction of sp³-hybridized carbons (Fsp3) is 0.250. The highest BCUT2D eigenvalue weighted by Crippen LogP contribution is 2.22. The second-order valence-corrected chi connectivity index (χ2v) is 4.11. The normalized spacial score (nSPS) is 10.5. The van der Waals surface area contributed by atoms with E-state index in [4.69, 9.17) is 11.6 Å². The average molecular weight is 253 g/mol. The number of benzene rings is 1. The highest BCUT2D eigenvalue weighted by molar-refractivity contribution is 6.31. The molecule has 2 aromatic rings. The lowest BCUT2D eigenvalue weighted by Gasteiger charge is -2.02. The van der Waals surface area contributed by atoms with Crippen LogP contribution >= 0.6 is 11.6 Å². The maximum Gasteiger partial charge on any atom is 0.406 e. The zero-order chi connectivity index (χ0) is 12.3. The average Bonchev–Trinajstić information content (AvgIpc) is 2.72. The van der Waals surface area contributed by atoms with Gasteiger partial charge >= 0.3 is 6.09 Å². The first-order chi connectivity index (χ1) is 8.20. The summed E-state index contributed by atoms with van der Waals surface area (Å²) in [6.07, 6.45) is 2.25. The summed E-state index contributed by atoms with van der Waals surface area (Å²) in [5.74, 6) is 0. The van der Waals surface area contributed by atoms with E-state index < -0.39 is 6.09 Å². The van der Waals surface area contributed by atoms with Crippen LogP contribution in [0.2, 0.25) is 5.02 Å². The Morgan fingerprint density at radius 3 is 3.12 bits per heavy atom. The largest absolute Gasteiger partial charge is 0.453 e. The summed E-state index contributed by atoms with van der Waals surface area (Å²) < 4.78 is 4.50. The standard InChI is InChI=1S/C12H13ClN2O2/c1-17-12(16)14-5-4-8-7-15-11-3-2-9(13)6-10(8)11/h2-3,6-7,15H,4-5H2,1H3,(H,14,16). The van der Waals surface area contributed by atoms with Crippen molar-refractivity contribution in [1.82, 2.24) is 10.3 Å². The van der Waals surface area contributed by atoms with E-state index >= 15 is 0 Å². The summed E-state index contributed by atoms with van der Waals surface area (Å²) in [5.41, 5.74) is 2.17. The van der Waals surface area contributed by atoms with E-state index in [2.05, 4.69) is 15.0 Å². The number of methoxy groups -OCH3 is 1. The Morgan fingerprint density at radius 1 is 1.53 bits per heavy atom. The third kappa shape index (κ3) is 2.71. The Bertz CT molecular complexity index is 536. The maximum atomic E-state index is 10.9. The number of halogens is 1. The lowest BCUT2D eigenvalue weighted by Crippen LogP contribution is -2.25. The van der Waals surface area contributed by atoms with Gasteiger partial charge in [0.2, 0.25) is 0 Å². The zero-order valence-electron chi connectivity index (χ0n) is 9.42. The first-order valence-electron chi connectivity index (χ1n) is 5.28. The number of hydrogen-bond acceptors (Lipinski definition) is 2. The molecule has 2 N–H and O–H groups in total. The van der Waals surface area contributed by atoms with Gasteiger partial charge in [-0.25, -0.2) is 4.79 Å². The van der Waals surface area contributed by atoms with Crippen LogP contribution < -0.4 is 5.32 Å². The topological polar surface area (TPSA) is 54.1 Å². The number of ether oxygens (including phenoxy) is 1. The van der Waals surface area contributed by atoms with E-state index in [1.54, 1.807) is 0 Å². The summed E-state index contributed by atoms with van der Waals surface area (Å²) in [7, 11) is 1.35. The molecular formula is C12H13ClN2O2. The molecule has 1 heterocycles. The van der Waals surface area contributed by atoms with Gasteiger partial charge in [0.1, 0.15) is 0 Å². The number of alkyl carbamates (subject to hydrolysis) is 1. The van der Waals surface area contributed by atoms with Crippen LogP contribution in [0.25, 0.3) is 10.9 Å². The molecule has 17 heavy (non-hydrogen) atoms. The molecule has 4 nitrogen and oxygen atoms in total. The number of nitrogens with one attached hydrogen (secondary N) is 2. The highest BCUT2D eigenvalue weighted by atomic mass is 35.5. The molecule has 0 aliphatic carbocycles. The second-order valence-electron chi connectivity index (χ2n) is 3.67. The summed E-state index contributed by atoms with van der Waals surface area (Å²) >= 11 is 5.95. The fourth-order valence-electron chi connectivity index (χ4n) is 1.73. The predicted molar refractivity (Wildman–Crippen MR) is 67.4 cm³/mol. The molecule has 0 bridgehead atoms. The molecule has 0 radical (unpaired) electrons. The molecular weight excluding hydrogens is 240 g/mol. The van der Waals surface area contributed by atoms with Crippen molar-refractivity contribution in [2.75, 3.05) is 13.7 Å². The van der Waals surface area contributed by atoms with E-state index in [1.165, 1.54) is 7.11 Å². The minimum absolute atomic E-state index is 0.414. The highest BCUT2D eigenvalue weighted by Gasteiger charge is 2.05. The van der Waals surface area contributed by atoms with Crippen molar-refractivity contribution in [3.8, 4) is 0 Å². The van der Waals surface area contributed by atoms with Gasteiger partial charge in [-0.15, -0.1) is 0 Å². The number of amides is 1. The Balaban J connectivity index is 2.08. The molecule has 0 saturated carbocycles. The van der Waals surface area contributed by atoms with Gasteiger partial charge in [-0.05, 0) is 30.2 Å². The van der Waals surface area contributed by atoms with E-state index in [1.807, 2.05) is 24.4 Å². The molecule has 90 valence electrons. The molecule has 1 aromatic carbocycles. The van der Waals surface area contributed by atoms with E-state index in [0.29, 0.717) is 11.6 Å². The Hall–Kier alpha value is -1.68. The van der Waals surface area contributed by atoms with Gasteiger partial charge in [0, 0.05) is 28.7 Å². The SMILES string of the molecule is COC(=O)NCCc1c[nH]c2ccc(Cl)cc12. The van der Waals surface area contributed by atoms with Crippen molar-refractivity contribution in [3.63, 3.8) is 0 Å². The number of fused-ring (bicyclic) bond motifs is 1. The van der Waals surface area contributed by atoms with Crippen LogP contribution in [0, 0.1) is 0 Å². The van der Waals surface area contributed by atoms with Crippen LogP contribution in [0.5, 0.6) is 0 Å². The molecule has 2 rings (SSSR count). The van der Waals surface area contributed by atoms with E-state index in [9.17, 15) is 4.79 Å². The smallest absolute Gasteiger partial charge is 0.406 e. The monoisotopic (exact) mass is 252 g/mol. The molecule has 0 spiro atoms. The second kappa shape index (κ2) is 5.10. The summed E-state index contributed by atoms with van der Waals surface area (Å²) in [6, 6.07) is 5.70. The van der Waals surface area contributed by atoms with Gasteiger partial charge in [-0.1, -0.05) is 11.6 Å². The quantitative estimate of drug-likeness (QED) is 0.883. The third-order valence-corrected chi connectivity index (χ3v) is 2.81. The van der Waals surface area contributed by atoms with Gasteiger partial charge in [0.05, 0.1) is 7.11 Å². The van der Waals surface area contributed by atoms with E-state index in [-0.39, 0.29) is 0 Å². The molecule has 0 saturated heterocycles. The van der Waals surface area contributed by atoms with Crippen LogP contribution in [0.15, 0.2) is 24.4 Å². The molecule has 0 aliphatic heterocycles. The van der Waals surface area contributed by atoms with Crippen LogP contribution in [0.1, 0.15) is 5.56 Å². The molecule has 1 amide bonds. The first-order valence-corrected chi connectivity index (χ1v) is 5.66. The number of hydrogen-bond donors (Lipinski definition) is 2. The lowest BCUT2D eigenvalue weighted by molar-refractivity contribution is 0.171. The van der Waals surface area contributed by atoms with Crippen LogP contribution in [-0.2, 0) is 11.2 Å². The van der Waals surface area contributed by atoms with Crippen LogP contribution in [0.4, 0.5) is 4.79 Å². The molecule has 0 aliphatic rings. The molecule has 0 unspecified atom stereocenters. The van der Waals surface area contributed by atoms with Gasteiger partial charge in [0.15, 0.2) is 0 Å². The van der Waals surface area contributed by atoms with Gasteiger partial charge in [0.25, 0.3) is 0 Å². The Kier molecular flexibility index (Phi) is 3.54. The van der Waals surface area contributed by atoms with Gasteiger partial charge in [-0.2, -0.15) is 0 Å². The summed E-state index contributed by atoms with van der Waals surface area (Å²) in [6.45, 7) is 0.534. The first kappa shape index (κ1) is 11.8. The van der Waals surface area contributed by atoms with Crippen molar-refractivity contribution in [1.29, 1.82) is 0 Å². The lowest BCUT2D eigenvalue weighted by atomic mass is 10.1.